The molecule has 0 fully saturated rings. The lowest BCUT2D eigenvalue weighted by Gasteiger charge is -2.07. The number of imidazole rings is 1. The van der Waals surface area contributed by atoms with E-state index < -0.39 is 19.1 Å². The first-order valence-corrected chi connectivity index (χ1v) is 9.06. The standard InChI is InChI=1S/C22H16F2N2O4/c1-13(27)14-6-8-15(9-7-14)18-10-11-19(30-18)21(28)29-12-20-25-16-4-2-3-5-17(16)26(20)22(23)24/h2-11,22H,12H2,1H3. The van der Waals surface area contributed by atoms with Gasteiger partial charge >= 0.3 is 12.5 Å². The molecular weight excluding hydrogens is 394 g/mol. The molecule has 2 aromatic heterocycles. The first-order chi connectivity index (χ1) is 14.4. The summed E-state index contributed by atoms with van der Waals surface area (Å²) in [6.45, 7) is -1.78. The van der Waals surface area contributed by atoms with Crippen molar-refractivity contribution in [1.29, 1.82) is 0 Å². The van der Waals surface area contributed by atoms with Crippen LogP contribution in [0.5, 0.6) is 0 Å². The number of alkyl halides is 2. The van der Waals surface area contributed by atoms with Gasteiger partial charge in [0, 0.05) is 11.1 Å². The number of esters is 1. The minimum atomic E-state index is -2.82. The molecule has 0 radical (unpaired) electrons. The Bertz CT molecular complexity index is 1230. The van der Waals surface area contributed by atoms with Gasteiger partial charge in [-0.05, 0) is 31.2 Å². The van der Waals surface area contributed by atoms with Crippen LogP contribution in [0.3, 0.4) is 0 Å². The minimum Gasteiger partial charge on any atom is -0.452 e. The molecule has 4 rings (SSSR count). The molecule has 0 amide bonds. The van der Waals surface area contributed by atoms with Gasteiger partial charge in [0.1, 0.15) is 12.4 Å². The molecule has 152 valence electrons. The quantitative estimate of drug-likeness (QED) is 0.321. The third-order valence-corrected chi connectivity index (χ3v) is 4.58. The number of Topliss-reactive ketones (excluding diaryl/α,β-unsaturated/α-hetero) is 1. The predicted molar refractivity (Wildman–Crippen MR) is 104 cm³/mol. The number of nitrogens with zero attached hydrogens (tertiary/aromatic N) is 2. The normalized spacial score (nSPS) is 11.2. The van der Waals surface area contributed by atoms with Crippen molar-refractivity contribution in [2.45, 2.75) is 20.1 Å². The van der Waals surface area contributed by atoms with Gasteiger partial charge in [-0.25, -0.2) is 9.78 Å². The number of rotatable bonds is 6. The van der Waals surface area contributed by atoms with Gasteiger partial charge in [-0.15, -0.1) is 0 Å². The van der Waals surface area contributed by atoms with Crippen LogP contribution in [0.4, 0.5) is 8.78 Å². The van der Waals surface area contributed by atoms with Crippen molar-refractivity contribution in [2.75, 3.05) is 0 Å². The molecule has 0 spiro atoms. The van der Waals surface area contributed by atoms with Crippen molar-refractivity contribution in [3.05, 3.63) is 77.8 Å². The summed E-state index contributed by atoms with van der Waals surface area (Å²) in [6.07, 6.45) is 0. The van der Waals surface area contributed by atoms with Crippen molar-refractivity contribution < 1.29 is 27.5 Å². The largest absolute Gasteiger partial charge is 0.452 e. The topological polar surface area (TPSA) is 74.3 Å². The van der Waals surface area contributed by atoms with Crippen molar-refractivity contribution in [3.8, 4) is 11.3 Å². The van der Waals surface area contributed by atoms with Crippen molar-refractivity contribution in [2.24, 2.45) is 0 Å². The number of para-hydroxylation sites is 2. The second-order valence-corrected chi connectivity index (χ2v) is 6.54. The van der Waals surface area contributed by atoms with Crippen LogP contribution >= 0.6 is 0 Å². The lowest BCUT2D eigenvalue weighted by Crippen LogP contribution is -2.10. The van der Waals surface area contributed by atoms with Gasteiger partial charge in [-0.1, -0.05) is 36.4 Å². The summed E-state index contributed by atoms with van der Waals surface area (Å²) < 4.78 is 38.3. The molecule has 6 nitrogen and oxygen atoms in total. The fraction of sp³-hybridized carbons (Fsp3) is 0.136. The van der Waals surface area contributed by atoms with E-state index in [1.165, 1.54) is 19.1 Å². The number of furan rings is 1. The Morgan fingerprint density at radius 1 is 1.07 bits per heavy atom. The van der Waals surface area contributed by atoms with Crippen molar-refractivity contribution in [3.63, 3.8) is 0 Å². The number of carbonyl (C=O) groups is 2. The molecule has 0 atom stereocenters. The van der Waals surface area contributed by atoms with Crippen LogP contribution in [0.25, 0.3) is 22.4 Å². The molecule has 0 unspecified atom stereocenters. The summed E-state index contributed by atoms with van der Waals surface area (Å²) in [5, 5.41) is 0. The highest BCUT2D eigenvalue weighted by Crippen LogP contribution is 2.25. The van der Waals surface area contributed by atoms with E-state index in [2.05, 4.69) is 4.98 Å². The van der Waals surface area contributed by atoms with Gasteiger partial charge in [-0.3, -0.25) is 9.36 Å². The average molecular weight is 410 g/mol. The third kappa shape index (κ3) is 3.71. The first kappa shape index (κ1) is 19.5. The number of benzene rings is 2. The Morgan fingerprint density at radius 2 is 1.80 bits per heavy atom. The average Bonchev–Trinajstić information content (AvgIpc) is 3.37. The fourth-order valence-electron chi connectivity index (χ4n) is 3.09. The molecular formula is C22H16F2N2O4. The van der Waals surface area contributed by atoms with E-state index in [1.807, 2.05) is 0 Å². The zero-order chi connectivity index (χ0) is 21.3. The number of halogens is 2. The maximum atomic E-state index is 13.5. The minimum absolute atomic E-state index is 0.0555. The number of ether oxygens (including phenoxy) is 1. The molecule has 0 aliphatic carbocycles. The summed E-state index contributed by atoms with van der Waals surface area (Å²) in [5.41, 5.74) is 1.89. The molecule has 0 N–H and O–H groups in total. The van der Waals surface area contributed by atoms with Crippen LogP contribution in [0.1, 0.15) is 40.2 Å². The maximum absolute atomic E-state index is 13.5. The van der Waals surface area contributed by atoms with E-state index in [-0.39, 0.29) is 22.9 Å². The van der Waals surface area contributed by atoms with Crippen LogP contribution in [-0.2, 0) is 11.3 Å². The van der Waals surface area contributed by atoms with Gasteiger partial charge in [0.05, 0.1) is 11.0 Å². The Kier molecular flexibility index (Phi) is 5.14. The molecule has 2 aromatic carbocycles. The smallest absolute Gasteiger partial charge is 0.374 e. The van der Waals surface area contributed by atoms with Gasteiger partial charge in [0.2, 0.25) is 5.76 Å². The number of fused-ring (bicyclic) bond motifs is 1. The van der Waals surface area contributed by atoms with Gasteiger partial charge in [-0.2, -0.15) is 8.78 Å². The molecule has 30 heavy (non-hydrogen) atoms. The molecule has 0 saturated carbocycles. The van der Waals surface area contributed by atoms with Crippen molar-refractivity contribution >= 4 is 22.8 Å². The monoisotopic (exact) mass is 410 g/mol. The summed E-state index contributed by atoms with van der Waals surface area (Å²) in [7, 11) is 0. The second-order valence-electron chi connectivity index (χ2n) is 6.54. The van der Waals surface area contributed by atoms with Crippen molar-refractivity contribution in [1.82, 2.24) is 9.55 Å². The molecule has 2 heterocycles. The van der Waals surface area contributed by atoms with Crippen LogP contribution in [0.2, 0.25) is 0 Å². The Balaban J connectivity index is 1.50. The highest BCUT2D eigenvalue weighted by atomic mass is 19.3. The van der Waals surface area contributed by atoms with Gasteiger partial charge in [0.25, 0.3) is 0 Å². The number of aromatic nitrogens is 2. The van der Waals surface area contributed by atoms with E-state index in [0.29, 0.717) is 22.4 Å². The fourth-order valence-corrected chi connectivity index (χ4v) is 3.09. The highest BCUT2D eigenvalue weighted by molar-refractivity contribution is 5.94. The molecule has 4 aromatic rings. The Morgan fingerprint density at radius 3 is 2.50 bits per heavy atom. The number of carbonyl (C=O) groups excluding carboxylic acids is 2. The molecule has 0 aliphatic heterocycles. The number of ketones is 1. The second kappa shape index (κ2) is 7.90. The molecule has 0 aliphatic rings. The third-order valence-electron chi connectivity index (χ3n) is 4.58. The number of hydrogen-bond acceptors (Lipinski definition) is 5. The zero-order valence-corrected chi connectivity index (χ0v) is 15.8. The number of hydrogen-bond donors (Lipinski definition) is 0. The summed E-state index contributed by atoms with van der Waals surface area (Å²) >= 11 is 0. The molecule has 0 bridgehead atoms. The van der Waals surface area contributed by atoms with Crippen LogP contribution in [-0.4, -0.2) is 21.3 Å². The lowest BCUT2D eigenvalue weighted by molar-refractivity contribution is 0.0359. The van der Waals surface area contributed by atoms with E-state index in [9.17, 15) is 18.4 Å². The maximum Gasteiger partial charge on any atom is 0.374 e. The van der Waals surface area contributed by atoms with Crippen LogP contribution in [0, 0.1) is 0 Å². The summed E-state index contributed by atoms with van der Waals surface area (Å²) in [5.74, 6) is -0.571. The Labute approximate surface area is 169 Å². The summed E-state index contributed by atoms with van der Waals surface area (Å²) in [6, 6.07) is 16.2. The van der Waals surface area contributed by atoms with E-state index in [0.717, 1.165) is 4.57 Å². The zero-order valence-electron chi connectivity index (χ0n) is 15.8. The summed E-state index contributed by atoms with van der Waals surface area (Å²) in [4.78, 5) is 27.8. The highest BCUT2D eigenvalue weighted by Gasteiger charge is 2.20. The predicted octanol–water partition coefficient (Wildman–Crippen LogP) is 5.25. The van der Waals surface area contributed by atoms with Crippen LogP contribution < -0.4 is 0 Å². The molecule has 8 heteroatoms. The van der Waals surface area contributed by atoms with E-state index in [1.54, 1.807) is 48.5 Å². The van der Waals surface area contributed by atoms with Gasteiger partial charge < -0.3 is 9.15 Å². The van der Waals surface area contributed by atoms with E-state index in [4.69, 9.17) is 9.15 Å². The van der Waals surface area contributed by atoms with Crippen LogP contribution in [0.15, 0.2) is 65.1 Å². The van der Waals surface area contributed by atoms with Gasteiger partial charge in [0.15, 0.2) is 11.6 Å². The van der Waals surface area contributed by atoms with E-state index >= 15 is 0 Å². The SMILES string of the molecule is CC(=O)c1ccc(-c2ccc(C(=O)OCc3nc4ccccc4n3C(F)F)o2)cc1. The molecule has 0 saturated heterocycles. The Hall–Kier alpha value is -3.81. The first-order valence-electron chi connectivity index (χ1n) is 9.06. The lowest BCUT2D eigenvalue weighted by atomic mass is 10.1.